The summed E-state index contributed by atoms with van der Waals surface area (Å²) in [6, 6.07) is 0.514. The lowest BCUT2D eigenvalue weighted by Gasteiger charge is -2.40. The Balaban J connectivity index is 1.96. The predicted octanol–water partition coefficient (Wildman–Crippen LogP) is 3.73. The van der Waals surface area contributed by atoms with Crippen molar-refractivity contribution in [2.24, 2.45) is 11.8 Å². The summed E-state index contributed by atoms with van der Waals surface area (Å²) < 4.78 is 6.23. The van der Waals surface area contributed by atoms with E-state index in [1.807, 2.05) is 6.92 Å². The van der Waals surface area contributed by atoms with Crippen LogP contribution in [0.3, 0.4) is 0 Å². The van der Waals surface area contributed by atoms with E-state index < -0.39 is 5.60 Å². The van der Waals surface area contributed by atoms with Gasteiger partial charge in [-0.3, -0.25) is 4.90 Å². The Morgan fingerprint density at radius 3 is 2.28 bits per heavy atom. The fraction of sp³-hybridized carbons (Fsp3) is 1.00. The highest BCUT2D eigenvalue weighted by Gasteiger charge is 2.61. The van der Waals surface area contributed by atoms with E-state index in [4.69, 9.17) is 4.74 Å². The third-order valence-corrected chi connectivity index (χ3v) is 6.70. The molecule has 0 amide bonds. The van der Waals surface area contributed by atoms with Gasteiger partial charge in [0.1, 0.15) is 6.10 Å². The van der Waals surface area contributed by atoms with Crippen LogP contribution in [0.25, 0.3) is 0 Å². The van der Waals surface area contributed by atoms with Gasteiger partial charge in [0.15, 0.2) is 5.72 Å². The fourth-order valence-electron chi connectivity index (χ4n) is 4.41. The Bertz CT molecular complexity index is 416. The lowest BCUT2D eigenvalue weighted by molar-refractivity contribution is -0.0463. The summed E-state index contributed by atoms with van der Waals surface area (Å²) in [7, 11) is 2.13. The summed E-state index contributed by atoms with van der Waals surface area (Å²) in [4.78, 5) is 4.85. The van der Waals surface area contributed by atoms with Crippen LogP contribution in [0.1, 0.15) is 73.6 Å². The molecule has 3 atom stereocenters. The molecule has 2 saturated heterocycles. The smallest absolute Gasteiger partial charge is 0.151 e. The van der Waals surface area contributed by atoms with Gasteiger partial charge in [-0.25, -0.2) is 0 Å². The molecule has 0 radical (unpaired) electrons. The van der Waals surface area contributed by atoms with Crippen LogP contribution in [0.15, 0.2) is 0 Å². The van der Waals surface area contributed by atoms with Crippen LogP contribution in [0.2, 0.25) is 0 Å². The lowest BCUT2D eigenvalue weighted by atomic mass is 9.84. The molecule has 1 N–H and O–H groups in total. The van der Waals surface area contributed by atoms with Gasteiger partial charge in [-0.1, -0.05) is 20.8 Å². The summed E-state index contributed by atoms with van der Waals surface area (Å²) in [6.45, 7) is 16.4. The second kappa shape index (κ2) is 8.24. The van der Waals surface area contributed by atoms with Crippen LogP contribution in [0, 0.1) is 11.8 Å². The maximum atomic E-state index is 11.1. The van der Waals surface area contributed by atoms with Gasteiger partial charge in [0.05, 0.1) is 5.60 Å². The molecule has 2 aliphatic heterocycles. The molecule has 4 nitrogen and oxygen atoms in total. The van der Waals surface area contributed by atoms with Crippen LogP contribution >= 0.6 is 0 Å². The number of hydrogen-bond donors (Lipinski definition) is 1. The van der Waals surface area contributed by atoms with Gasteiger partial charge in [-0.15, -0.1) is 0 Å². The van der Waals surface area contributed by atoms with Crippen molar-refractivity contribution >= 4 is 0 Å². The number of piperidine rings is 1. The van der Waals surface area contributed by atoms with E-state index >= 15 is 0 Å². The van der Waals surface area contributed by atoms with Gasteiger partial charge in [0, 0.05) is 32.1 Å². The molecule has 0 aliphatic carbocycles. The summed E-state index contributed by atoms with van der Waals surface area (Å²) in [6.07, 6.45) is 5.38. The van der Waals surface area contributed by atoms with E-state index in [-0.39, 0.29) is 11.8 Å². The van der Waals surface area contributed by atoms with Crippen molar-refractivity contribution in [3.8, 4) is 0 Å². The summed E-state index contributed by atoms with van der Waals surface area (Å²) in [5.74, 6) is 1.61. The van der Waals surface area contributed by atoms with Gasteiger partial charge >= 0.3 is 0 Å². The number of aliphatic hydroxyl groups is 1. The van der Waals surface area contributed by atoms with Crippen molar-refractivity contribution in [2.45, 2.75) is 97.1 Å². The maximum Gasteiger partial charge on any atom is 0.151 e. The predicted molar refractivity (Wildman–Crippen MR) is 105 cm³/mol. The molecular weight excluding hydrogens is 312 g/mol. The SMILES string of the molecule is CCC1OC1(CC(C)(O)CCN(C)C(C)C)N1CCC(C(C)C)CC1. The zero-order chi connectivity index (χ0) is 18.8. The summed E-state index contributed by atoms with van der Waals surface area (Å²) >= 11 is 0. The molecule has 148 valence electrons. The van der Waals surface area contributed by atoms with Gasteiger partial charge in [-0.05, 0) is 65.3 Å². The Kier molecular flexibility index (Phi) is 6.97. The highest BCUT2D eigenvalue weighted by atomic mass is 16.6. The standard InChI is InChI=1S/C21H42N2O2/c1-8-19-21(25-19,23-12-9-18(10-13-23)16(2)3)15-20(6,24)11-14-22(7)17(4)5/h16-19,24H,8-15H2,1-7H3. The van der Waals surface area contributed by atoms with E-state index in [0.717, 1.165) is 50.7 Å². The molecule has 0 saturated carbocycles. The van der Waals surface area contributed by atoms with E-state index in [1.54, 1.807) is 0 Å². The Morgan fingerprint density at radius 2 is 1.84 bits per heavy atom. The molecule has 2 aliphatic rings. The first-order chi connectivity index (χ1) is 11.6. The molecule has 3 unspecified atom stereocenters. The Morgan fingerprint density at radius 1 is 1.24 bits per heavy atom. The van der Waals surface area contributed by atoms with Crippen LogP contribution in [-0.4, -0.2) is 65.1 Å². The Hall–Kier alpha value is -0.160. The van der Waals surface area contributed by atoms with Crippen molar-refractivity contribution in [3.05, 3.63) is 0 Å². The highest BCUT2D eigenvalue weighted by Crippen LogP contribution is 2.49. The van der Waals surface area contributed by atoms with Gasteiger partial charge in [0.25, 0.3) is 0 Å². The minimum atomic E-state index is -0.679. The zero-order valence-corrected chi connectivity index (χ0v) is 17.7. The van der Waals surface area contributed by atoms with E-state index in [9.17, 15) is 5.11 Å². The van der Waals surface area contributed by atoms with Gasteiger partial charge < -0.3 is 14.7 Å². The first kappa shape index (κ1) is 21.1. The van der Waals surface area contributed by atoms with Crippen LogP contribution in [0.4, 0.5) is 0 Å². The molecule has 0 aromatic carbocycles. The lowest BCUT2D eigenvalue weighted by Crippen LogP contribution is -2.50. The molecule has 25 heavy (non-hydrogen) atoms. The molecule has 0 aromatic heterocycles. The van der Waals surface area contributed by atoms with E-state index in [2.05, 4.69) is 51.5 Å². The van der Waals surface area contributed by atoms with E-state index in [1.165, 1.54) is 12.8 Å². The number of nitrogens with zero attached hydrogens (tertiary/aromatic N) is 2. The summed E-state index contributed by atoms with van der Waals surface area (Å²) in [5.41, 5.74) is -0.890. The number of likely N-dealkylation sites (tertiary alicyclic amines) is 1. The zero-order valence-electron chi connectivity index (χ0n) is 17.7. The molecule has 0 bridgehead atoms. The summed E-state index contributed by atoms with van der Waals surface area (Å²) in [5, 5.41) is 11.1. The first-order valence-electron chi connectivity index (χ1n) is 10.5. The van der Waals surface area contributed by atoms with Crippen molar-refractivity contribution in [1.29, 1.82) is 0 Å². The molecule has 2 heterocycles. The average molecular weight is 355 g/mol. The normalized spacial score (nSPS) is 31.1. The average Bonchev–Trinajstić information content (AvgIpc) is 3.26. The number of ether oxygens (including phenoxy) is 1. The fourth-order valence-corrected chi connectivity index (χ4v) is 4.41. The van der Waals surface area contributed by atoms with Crippen molar-refractivity contribution in [1.82, 2.24) is 9.80 Å². The number of epoxide rings is 1. The largest absolute Gasteiger partial charge is 0.390 e. The molecular formula is C21H42N2O2. The monoisotopic (exact) mass is 354 g/mol. The first-order valence-corrected chi connectivity index (χ1v) is 10.5. The van der Waals surface area contributed by atoms with Crippen molar-refractivity contribution in [3.63, 3.8) is 0 Å². The van der Waals surface area contributed by atoms with Crippen LogP contribution in [-0.2, 0) is 4.74 Å². The minimum absolute atomic E-state index is 0.212. The maximum absolute atomic E-state index is 11.1. The third kappa shape index (κ3) is 5.18. The second-order valence-electron chi connectivity index (χ2n) is 9.43. The molecule has 2 fully saturated rings. The number of hydrogen-bond acceptors (Lipinski definition) is 4. The topological polar surface area (TPSA) is 39.2 Å². The van der Waals surface area contributed by atoms with Gasteiger partial charge in [0.2, 0.25) is 0 Å². The van der Waals surface area contributed by atoms with Crippen molar-refractivity contribution in [2.75, 3.05) is 26.7 Å². The quantitative estimate of drug-likeness (QED) is 0.640. The highest BCUT2D eigenvalue weighted by molar-refractivity contribution is 5.06. The van der Waals surface area contributed by atoms with Crippen LogP contribution in [0.5, 0.6) is 0 Å². The van der Waals surface area contributed by atoms with E-state index in [0.29, 0.717) is 6.04 Å². The molecule has 0 spiro atoms. The van der Waals surface area contributed by atoms with Gasteiger partial charge in [-0.2, -0.15) is 0 Å². The molecule has 0 aromatic rings. The van der Waals surface area contributed by atoms with Crippen molar-refractivity contribution < 1.29 is 9.84 Å². The molecule has 2 rings (SSSR count). The number of rotatable bonds is 9. The minimum Gasteiger partial charge on any atom is -0.390 e. The second-order valence-corrected chi connectivity index (χ2v) is 9.43. The molecule has 4 heteroatoms. The Labute approximate surface area is 155 Å². The van der Waals surface area contributed by atoms with Crippen LogP contribution < -0.4 is 0 Å². The third-order valence-electron chi connectivity index (χ3n) is 6.70.